The molecule has 4 nitrogen and oxygen atoms in total. The SMILES string of the molecule is O=[S@](CCSc1nnc(Nc2ccc(F)cc2)s1)c1ccccc1. The molecule has 0 amide bonds. The smallest absolute Gasteiger partial charge is 0.210 e. The molecular formula is C16H14FN3OS3. The lowest BCUT2D eigenvalue weighted by Gasteiger charge is -2.01. The molecule has 8 heteroatoms. The van der Waals surface area contributed by atoms with Crippen LogP contribution in [0.1, 0.15) is 0 Å². The minimum atomic E-state index is -1.000. The molecule has 124 valence electrons. The molecular weight excluding hydrogens is 365 g/mol. The van der Waals surface area contributed by atoms with Crippen molar-refractivity contribution < 1.29 is 8.60 Å². The average molecular weight is 380 g/mol. The maximum atomic E-state index is 12.9. The summed E-state index contributed by atoms with van der Waals surface area (Å²) < 4.78 is 25.8. The summed E-state index contributed by atoms with van der Waals surface area (Å²) in [5.41, 5.74) is 0.759. The van der Waals surface area contributed by atoms with Crippen molar-refractivity contribution in [2.75, 3.05) is 16.8 Å². The van der Waals surface area contributed by atoms with Gasteiger partial charge in [-0.15, -0.1) is 10.2 Å². The third-order valence-electron chi connectivity index (χ3n) is 3.00. The lowest BCUT2D eigenvalue weighted by atomic mass is 10.3. The molecule has 3 aromatic rings. The van der Waals surface area contributed by atoms with Gasteiger partial charge < -0.3 is 5.32 Å². The van der Waals surface area contributed by atoms with E-state index in [4.69, 9.17) is 0 Å². The lowest BCUT2D eigenvalue weighted by molar-refractivity contribution is 0.628. The normalized spacial score (nSPS) is 12.0. The zero-order valence-corrected chi connectivity index (χ0v) is 15.0. The second-order valence-corrected chi connectivity index (χ2v) is 8.61. The Morgan fingerprint density at radius 2 is 1.83 bits per heavy atom. The fraction of sp³-hybridized carbons (Fsp3) is 0.125. The number of hydrogen-bond acceptors (Lipinski definition) is 6. The molecule has 0 aliphatic heterocycles. The molecule has 0 bridgehead atoms. The second kappa shape index (κ2) is 8.36. The van der Waals surface area contributed by atoms with E-state index in [2.05, 4.69) is 15.5 Å². The van der Waals surface area contributed by atoms with Crippen molar-refractivity contribution in [2.24, 2.45) is 0 Å². The Kier molecular flexibility index (Phi) is 5.95. The van der Waals surface area contributed by atoms with Crippen LogP contribution >= 0.6 is 23.1 Å². The Morgan fingerprint density at radius 1 is 1.08 bits per heavy atom. The Labute approximate surface area is 150 Å². The van der Waals surface area contributed by atoms with Gasteiger partial charge in [0, 0.05) is 22.1 Å². The van der Waals surface area contributed by atoms with Gasteiger partial charge in [0.25, 0.3) is 0 Å². The van der Waals surface area contributed by atoms with E-state index in [1.807, 2.05) is 30.3 Å². The third kappa shape index (κ3) is 4.86. The Bertz CT molecular complexity index is 809. The van der Waals surface area contributed by atoms with Crippen molar-refractivity contribution >= 4 is 44.7 Å². The number of nitrogens with one attached hydrogen (secondary N) is 1. The molecule has 0 aliphatic carbocycles. The van der Waals surface area contributed by atoms with Gasteiger partial charge in [0.15, 0.2) is 4.34 Å². The van der Waals surface area contributed by atoms with Crippen LogP contribution in [0.25, 0.3) is 0 Å². The third-order valence-corrected chi connectivity index (χ3v) is 6.61. The van der Waals surface area contributed by atoms with Crippen molar-refractivity contribution in [3.05, 3.63) is 60.4 Å². The van der Waals surface area contributed by atoms with Gasteiger partial charge in [-0.2, -0.15) is 0 Å². The monoisotopic (exact) mass is 379 g/mol. The molecule has 1 atom stereocenters. The van der Waals surface area contributed by atoms with Gasteiger partial charge in [0.1, 0.15) is 5.82 Å². The number of anilines is 2. The molecule has 0 radical (unpaired) electrons. The van der Waals surface area contributed by atoms with Crippen LogP contribution in [0.2, 0.25) is 0 Å². The van der Waals surface area contributed by atoms with E-state index in [1.165, 1.54) is 35.2 Å². The minimum Gasteiger partial charge on any atom is -0.330 e. The summed E-state index contributed by atoms with van der Waals surface area (Å²) in [5.74, 6) is 0.988. The first-order chi connectivity index (χ1) is 11.7. The van der Waals surface area contributed by atoms with Crippen molar-refractivity contribution in [3.63, 3.8) is 0 Å². The van der Waals surface area contributed by atoms with Gasteiger partial charge in [-0.25, -0.2) is 4.39 Å². The molecule has 24 heavy (non-hydrogen) atoms. The van der Waals surface area contributed by atoms with E-state index in [9.17, 15) is 8.60 Å². The van der Waals surface area contributed by atoms with Crippen LogP contribution in [-0.4, -0.2) is 25.9 Å². The molecule has 0 spiro atoms. The van der Waals surface area contributed by atoms with E-state index < -0.39 is 10.8 Å². The average Bonchev–Trinajstić information content (AvgIpc) is 3.05. The van der Waals surface area contributed by atoms with Crippen LogP contribution in [-0.2, 0) is 10.8 Å². The zero-order chi connectivity index (χ0) is 16.8. The fourth-order valence-electron chi connectivity index (χ4n) is 1.87. The van der Waals surface area contributed by atoms with Crippen LogP contribution in [0.15, 0.2) is 63.8 Å². The van der Waals surface area contributed by atoms with E-state index in [-0.39, 0.29) is 5.82 Å². The van der Waals surface area contributed by atoms with Crippen molar-refractivity contribution in [2.45, 2.75) is 9.24 Å². The molecule has 2 aromatic carbocycles. The quantitative estimate of drug-likeness (QED) is 0.620. The first-order valence-corrected chi connectivity index (χ1v) is 10.2. The van der Waals surface area contributed by atoms with Crippen molar-refractivity contribution in [3.8, 4) is 0 Å². The predicted molar refractivity (Wildman–Crippen MR) is 98.0 cm³/mol. The molecule has 0 fully saturated rings. The molecule has 0 unspecified atom stereocenters. The summed E-state index contributed by atoms with van der Waals surface area (Å²) >= 11 is 2.95. The number of nitrogens with zero attached hydrogens (tertiary/aromatic N) is 2. The van der Waals surface area contributed by atoms with Crippen LogP contribution in [0.4, 0.5) is 15.2 Å². The molecule has 0 saturated heterocycles. The van der Waals surface area contributed by atoms with E-state index in [0.717, 1.165) is 14.9 Å². The van der Waals surface area contributed by atoms with E-state index >= 15 is 0 Å². The van der Waals surface area contributed by atoms with E-state index in [0.29, 0.717) is 16.6 Å². The van der Waals surface area contributed by atoms with Crippen LogP contribution < -0.4 is 5.32 Å². The van der Waals surface area contributed by atoms with Crippen LogP contribution in [0.5, 0.6) is 0 Å². The summed E-state index contributed by atoms with van der Waals surface area (Å²) in [7, 11) is -1.000. The van der Waals surface area contributed by atoms with Gasteiger partial charge in [0.2, 0.25) is 5.13 Å². The lowest BCUT2D eigenvalue weighted by Crippen LogP contribution is -2.00. The molecule has 3 rings (SSSR count). The number of halogens is 1. The minimum absolute atomic E-state index is 0.277. The molecule has 0 saturated carbocycles. The number of rotatable bonds is 7. The number of benzene rings is 2. The Hall–Kier alpha value is -1.77. The van der Waals surface area contributed by atoms with Gasteiger partial charge in [0.05, 0.1) is 10.8 Å². The molecule has 0 aliphatic rings. The first-order valence-electron chi connectivity index (χ1n) is 7.13. The largest absolute Gasteiger partial charge is 0.330 e. The molecule has 1 aromatic heterocycles. The predicted octanol–water partition coefficient (Wildman–Crippen LogP) is 4.32. The van der Waals surface area contributed by atoms with Crippen LogP contribution in [0, 0.1) is 5.82 Å². The maximum absolute atomic E-state index is 12.9. The van der Waals surface area contributed by atoms with Crippen LogP contribution in [0.3, 0.4) is 0 Å². The van der Waals surface area contributed by atoms with Gasteiger partial charge in [-0.3, -0.25) is 4.21 Å². The highest BCUT2D eigenvalue weighted by molar-refractivity contribution is 8.01. The standard InChI is InChI=1S/C16H14FN3OS3/c17-12-6-8-13(9-7-12)18-15-19-20-16(23-15)22-10-11-24(21)14-4-2-1-3-5-14/h1-9H,10-11H2,(H,18,19)/t24-/m1/s1. The highest BCUT2D eigenvalue weighted by Crippen LogP contribution is 2.27. The fourth-order valence-corrected chi connectivity index (χ4v) is 5.00. The zero-order valence-electron chi connectivity index (χ0n) is 12.5. The summed E-state index contributed by atoms with van der Waals surface area (Å²) in [6.45, 7) is 0. The maximum Gasteiger partial charge on any atom is 0.210 e. The van der Waals surface area contributed by atoms with Gasteiger partial charge in [-0.1, -0.05) is 41.3 Å². The molecule has 1 N–H and O–H groups in total. The first kappa shape index (κ1) is 17.1. The number of hydrogen-bond donors (Lipinski definition) is 1. The topological polar surface area (TPSA) is 54.9 Å². The number of aromatic nitrogens is 2. The highest BCUT2D eigenvalue weighted by Gasteiger charge is 2.08. The number of thioether (sulfide) groups is 1. The summed E-state index contributed by atoms with van der Waals surface area (Å²) in [4.78, 5) is 0.842. The Balaban J connectivity index is 1.49. The molecule has 1 heterocycles. The van der Waals surface area contributed by atoms with E-state index in [1.54, 1.807) is 12.1 Å². The van der Waals surface area contributed by atoms with Gasteiger partial charge in [-0.05, 0) is 36.4 Å². The van der Waals surface area contributed by atoms with Gasteiger partial charge >= 0.3 is 0 Å². The summed E-state index contributed by atoms with van der Waals surface area (Å²) in [5, 5.41) is 11.9. The summed E-state index contributed by atoms with van der Waals surface area (Å²) in [6, 6.07) is 15.5. The highest BCUT2D eigenvalue weighted by atomic mass is 32.2. The van der Waals surface area contributed by atoms with Crippen molar-refractivity contribution in [1.82, 2.24) is 10.2 Å². The summed E-state index contributed by atoms with van der Waals surface area (Å²) in [6.07, 6.45) is 0. The second-order valence-electron chi connectivity index (χ2n) is 4.72. The van der Waals surface area contributed by atoms with Crippen molar-refractivity contribution in [1.29, 1.82) is 0 Å². The Morgan fingerprint density at radius 3 is 2.58 bits per heavy atom.